The lowest BCUT2D eigenvalue weighted by atomic mass is 10.0. The predicted octanol–water partition coefficient (Wildman–Crippen LogP) is 3.75. The second kappa shape index (κ2) is 6.05. The molecule has 0 spiro atoms. The van der Waals surface area contributed by atoms with Crippen LogP contribution in [0.4, 0.5) is 5.82 Å². The molecule has 4 aromatic heterocycles. The molecule has 0 aliphatic heterocycles. The predicted molar refractivity (Wildman–Crippen MR) is 98.7 cm³/mol. The fourth-order valence-electron chi connectivity index (χ4n) is 2.79. The Labute approximate surface area is 144 Å². The number of nitrogens with one attached hydrogen (secondary N) is 1. The van der Waals surface area contributed by atoms with Crippen LogP contribution in [0.3, 0.4) is 0 Å². The Hall–Kier alpha value is -3.15. The summed E-state index contributed by atoms with van der Waals surface area (Å²) in [5, 5.41) is 1.08. The summed E-state index contributed by atoms with van der Waals surface area (Å²) in [5.74, 6) is 0.239. The van der Waals surface area contributed by atoms with Crippen LogP contribution in [-0.4, -0.2) is 25.6 Å². The maximum atomic E-state index is 11.2. The van der Waals surface area contributed by atoms with Gasteiger partial charge in [0.05, 0.1) is 0 Å². The fraction of sp³-hybridized carbons (Fsp3) is 0.211. The number of aryl methyl sites for hydroxylation is 1. The number of aromatic amines is 1. The van der Waals surface area contributed by atoms with Crippen molar-refractivity contribution >= 4 is 28.8 Å². The van der Waals surface area contributed by atoms with Crippen LogP contribution in [-0.2, 0) is 0 Å². The zero-order valence-corrected chi connectivity index (χ0v) is 14.0. The Morgan fingerprint density at radius 1 is 1.24 bits per heavy atom. The summed E-state index contributed by atoms with van der Waals surface area (Å²) < 4.78 is 1.71. The molecule has 0 unspecified atom stereocenters. The van der Waals surface area contributed by atoms with Gasteiger partial charge in [0.25, 0.3) is 0 Å². The maximum absolute atomic E-state index is 11.2. The Bertz CT molecular complexity index is 1070. The van der Waals surface area contributed by atoms with Crippen LogP contribution in [0.1, 0.15) is 35.3 Å². The third-order valence-electron chi connectivity index (χ3n) is 4.32. The van der Waals surface area contributed by atoms with E-state index in [0.717, 1.165) is 34.0 Å². The first kappa shape index (κ1) is 15.4. The van der Waals surface area contributed by atoms with Crippen LogP contribution in [0.2, 0.25) is 0 Å². The quantitative estimate of drug-likeness (QED) is 0.547. The number of anilines is 1. The van der Waals surface area contributed by atoms with Gasteiger partial charge in [0, 0.05) is 35.1 Å². The van der Waals surface area contributed by atoms with Gasteiger partial charge in [-0.3, -0.25) is 9.20 Å². The molecule has 4 aromatic rings. The molecule has 1 fully saturated rings. The van der Waals surface area contributed by atoms with Crippen LogP contribution in [0.15, 0.2) is 36.8 Å². The molecule has 0 saturated heterocycles. The summed E-state index contributed by atoms with van der Waals surface area (Å²) >= 11 is 0. The third kappa shape index (κ3) is 2.76. The number of carbonyl (C=O) groups is 1. The Kier molecular flexibility index (Phi) is 3.72. The molecule has 1 saturated carbocycles. The number of fused-ring (bicyclic) bond motifs is 2. The number of nitrogens with two attached hydrogens (primary N) is 1. The number of aldehydes is 1. The largest absolute Gasteiger partial charge is 0.382 e. The van der Waals surface area contributed by atoms with E-state index in [0.29, 0.717) is 11.3 Å². The van der Waals surface area contributed by atoms with Crippen molar-refractivity contribution in [2.24, 2.45) is 0 Å². The lowest BCUT2D eigenvalue weighted by molar-refractivity contribution is 0.111. The van der Waals surface area contributed by atoms with Gasteiger partial charge in [-0.05, 0) is 30.7 Å². The summed E-state index contributed by atoms with van der Waals surface area (Å²) in [6.45, 7) is 2.06. The number of hydrogen-bond acceptors (Lipinski definition) is 4. The Morgan fingerprint density at radius 3 is 2.76 bits per heavy atom. The number of carbonyl (C=O) groups excluding carboxylic acids is 1. The molecule has 3 N–H and O–H groups in total. The molecule has 6 nitrogen and oxygen atoms in total. The zero-order chi connectivity index (χ0) is 17.4. The van der Waals surface area contributed by atoms with E-state index < -0.39 is 0 Å². The molecule has 1 aliphatic carbocycles. The minimum Gasteiger partial charge on any atom is -0.382 e. The number of imidazole rings is 1. The maximum Gasteiger partial charge on any atom is 0.170 e. The minimum absolute atomic E-state index is 0.239. The Balaban J connectivity index is 0.000000474. The highest BCUT2D eigenvalue weighted by Crippen LogP contribution is 2.28. The molecule has 4 heterocycles. The van der Waals surface area contributed by atoms with E-state index in [1.165, 1.54) is 19.3 Å². The number of nitrogen functional groups attached to an aromatic ring is 1. The van der Waals surface area contributed by atoms with E-state index in [-0.39, 0.29) is 5.82 Å². The first-order valence-corrected chi connectivity index (χ1v) is 8.35. The average molecular weight is 333 g/mol. The molecule has 0 amide bonds. The smallest absolute Gasteiger partial charge is 0.170 e. The fourth-order valence-corrected chi connectivity index (χ4v) is 2.79. The lowest BCUT2D eigenvalue weighted by Crippen LogP contribution is -1.96. The van der Waals surface area contributed by atoms with Crippen LogP contribution in [0, 0.1) is 6.92 Å². The van der Waals surface area contributed by atoms with E-state index in [4.69, 9.17) is 5.73 Å². The average Bonchev–Trinajstić information content (AvgIpc) is 3.35. The molecule has 25 heavy (non-hydrogen) atoms. The highest BCUT2D eigenvalue weighted by Gasteiger charge is 2.12. The van der Waals surface area contributed by atoms with E-state index in [1.54, 1.807) is 4.40 Å². The highest BCUT2D eigenvalue weighted by atomic mass is 16.1. The zero-order valence-electron chi connectivity index (χ0n) is 14.0. The van der Waals surface area contributed by atoms with Crippen LogP contribution in [0.5, 0.6) is 0 Å². The van der Waals surface area contributed by atoms with E-state index in [9.17, 15) is 4.79 Å². The Morgan fingerprint density at radius 2 is 2.04 bits per heavy atom. The van der Waals surface area contributed by atoms with E-state index in [1.807, 2.05) is 36.8 Å². The summed E-state index contributed by atoms with van der Waals surface area (Å²) in [6, 6.07) is 5.81. The SMILES string of the molecule is C1CC1.Cc1c(-c2ccc3nc(N)c(C=O)n3c2)cnc2[nH]ccc12. The molecule has 0 atom stereocenters. The van der Waals surface area contributed by atoms with Gasteiger partial charge in [-0.15, -0.1) is 0 Å². The molecular weight excluding hydrogens is 314 g/mol. The molecular formula is C19H19N5O. The van der Waals surface area contributed by atoms with Crippen LogP contribution < -0.4 is 5.73 Å². The van der Waals surface area contributed by atoms with Gasteiger partial charge in [0.1, 0.15) is 17.0 Å². The first-order chi connectivity index (χ1) is 12.2. The number of hydrogen-bond donors (Lipinski definition) is 2. The number of aromatic nitrogens is 4. The second-order valence-corrected chi connectivity index (χ2v) is 6.24. The molecule has 0 bridgehead atoms. The van der Waals surface area contributed by atoms with Gasteiger partial charge < -0.3 is 10.7 Å². The van der Waals surface area contributed by atoms with Crippen molar-refractivity contribution in [3.05, 3.63) is 48.0 Å². The number of H-pyrrole nitrogens is 1. The first-order valence-electron chi connectivity index (χ1n) is 8.35. The van der Waals surface area contributed by atoms with Crippen molar-refractivity contribution in [1.29, 1.82) is 0 Å². The van der Waals surface area contributed by atoms with Crippen molar-refractivity contribution in [1.82, 2.24) is 19.4 Å². The molecule has 126 valence electrons. The van der Waals surface area contributed by atoms with Gasteiger partial charge in [0.2, 0.25) is 0 Å². The standard InChI is InChI=1S/C16H13N5O.C3H6/c1-9-11-4-5-18-16(11)19-6-12(9)10-2-3-14-20-15(17)13(8-22)21(14)7-10;1-2-3-1/h2-8H,17H2,1H3,(H,18,19);1-3H2. The van der Waals surface area contributed by atoms with Gasteiger partial charge in [-0.2, -0.15) is 0 Å². The van der Waals surface area contributed by atoms with Crippen molar-refractivity contribution in [2.75, 3.05) is 5.73 Å². The number of rotatable bonds is 2. The second-order valence-electron chi connectivity index (χ2n) is 6.24. The lowest BCUT2D eigenvalue weighted by Gasteiger charge is -2.08. The highest BCUT2D eigenvalue weighted by molar-refractivity contribution is 5.87. The summed E-state index contributed by atoms with van der Waals surface area (Å²) in [4.78, 5) is 22.9. The van der Waals surface area contributed by atoms with Gasteiger partial charge in [-0.1, -0.05) is 19.3 Å². The molecule has 5 rings (SSSR count). The topological polar surface area (TPSA) is 89.1 Å². The van der Waals surface area contributed by atoms with Crippen molar-refractivity contribution in [2.45, 2.75) is 26.2 Å². The molecule has 0 aromatic carbocycles. The molecule has 0 radical (unpaired) electrons. The van der Waals surface area contributed by atoms with E-state index >= 15 is 0 Å². The van der Waals surface area contributed by atoms with Crippen LogP contribution in [0.25, 0.3) is 27.8 Å². The van der Waals surface area contributed by atoms with Gasteiger partial charge in [-0.25, -0.2) is 9.97 Å². The van der Waals surface area contributed by atoms with Gasteiger partial charge >= 0.3 is 0 Å². The van der Waals surface area contributed by atoms with Crippen molar-refractivity contribution in [3.8, 4) is 11.1 Å². The third-order valence-corrected chi connectivity index (χ3v) is 4.32. The number of pyridine rings is 2. The van der Waals surface area contributed by atoms with Crippen molar-refractivity contribution < 1.29 is 4.79 Å². The van der Waals surface area contributed by atoms with E-state index in [2.05, 4.69) is 21.9 Å². The van der Waals surface area contributed by atoms with Gasteiger partial charge in [0.15, 0.2) is 12.1 Å². The van der Waals surface area contributed by atoms with Crippen LogP contribution >= 0.6 is 0 Å². The summed E-state index contributed by atoms with van der Waals surface area (Å²) in [6.07, 6.45) is 10.8. The number of nitrogens with zero attached hydrogens (tertiary/aromatic N) is 3. The normalized spacial score (nSPS) is 12.8. The van der Waals surface area contributed by atoms with Crippen molar-refractivity contribution in [3.63, 3.8) is 0 Å². The summed E-state index contributed by atoms with van der Waals surface area (Å²) in [5.41, 5.74) is 10.7. The summed E-state index contributed by atoms with van der Waals surface area (Å²) in [7, 11) is 0. The monoisotopic (exact) mass is 333 g/mol. The molecule has 6 heteroatoms. The minimum atomic E-state index is 0.239. The molecule has 1 aliphatic rings.